The zero-order chi connectivity index (χ0) is 22.3. The van der Waals surface area contributed by atoms with Crippen LogP contribution in [-0.2, 0) is 0 Å². The van der Waals surface area contributed by atoms with Crippen molar-refractivity contribution in [3.8, 4) is 0 Å². The van der Waals surface area contributed by atoms with Gasteiger partial charge in [-0.05, 0) is 55.2 Å². The third-order valence-electron chi connectivity index (χ3n) is 4.85. The van der Waals surface area contributed by atoms with Gasteiger partial charge in [0.25, 0.3) is 5.91 Å². The van der Waals surface area contributed by atoms with E-state index in [4.69, 9.17) is 46.4 Å². The van der Waals surface area contributed by atoms with E-state index in [0.717, 1.165) is 31.1 Å². The minimum Gasteiger partial charge on any atom is -0.347 e. The fourth-order valence-electron chi connectivity index (χ4n) is 2.84. The number of hydrogen-bond donors (Lipinski definition) is 1. The molecule has 0 spiro atoms. The van der Waals surface area contributed by atoms with E-state index >= 15 is 0 Å². The Morgan fingerprint density at radius 3 is 2.17 bits per heavy atom. The Hall–Kier alpha value is -1.40. The average Bonchev–Trinajstić information content (AvgIpc) is 3.35. The van der Waals surface area contributed by atoms with E-state index in [2.05, 4.69) is 5.32 Å². The molecule has 1 aliphatic carbocycles. The smallest absolute Gasteiger partial charge is 0.347 e. The van der Waals surface area contributed by atoms with E-state index in [1.54, 1.807) is 0 Å². The van der Waals surface area contributed by atoms with Gasteiger partial charge in [0.1, 0.15) is 0 Å². The molecule has 0 heterocycles. The lowest BCUT2D eigenvalue weighted by atomic mass is 9.97. The van der Waals surface area contributed by atoms with Crippen LogP contribution in [0.5, 0.6) is 0 Å². The van der Waals surface area contributed by atoms with E-state index < -0.39 is 12.1 Å². The van der Waals surface area contributed by atoms with Gasteiger partial charge in [0.05, 0.1) is 31.6 Å². The molecule has 0 aliphatic heterocycles. The van der Waals surface area contributed by atoms with Crippen molar-refractivity contribution in [2.45, 2.75) is 37.4 Å². The minimum absolute atomic E-state index is 0.00677. The second-order valence-corrected chi connectivity index (χ2v) is 9.03. The van der Waals surface area contributed by atoms with Crippen LogP contribution in [0.25, 0.3) is 6.08 Å². The number of amides is 1. The molecule has 1 aliphatic rings. The monoisotopic (exact) mass is 495 g/mol. The standard InChI is InChI=1S/C21H16Cl4F3NO/c1-20(6-7-20)29-19(30)13-4-2-11(8-15(13)22)3-5-14(21(26,27)28)12-9-16(23)18(25)17(24)10-12/h2-5,8-10,14H,6-7H2,1H3,(H,29,30)/b5-3+. The van der Waals surface area contributed by atoms with Crippen molar-refractivity contribution < 1.29 is 18.0 Å². The Morgan fingerprint density at radius 1 is 1.07 bits per heavy atom. The van der Waals surface area contributed by atoms with Gasteiger partial charge in [-0.3, -0.25) is 4.79 Å². The fraction of sp³-hybridized carbons (Fsp3) is 0.286. The number of hydrogen-bond acceptors (Lipinski definition) is 1. The van der Waals surface area contributed by atoms with Gasteiger partial charge in [0.2, 0.25) is 0 Å². The maximum absolute atomic E-state index is 13.6. The van der Waals surface area contributed by atoms with Crippen LogP contribution in [0.3, 0.4) is 0 Å². The van der Waals surface area contributed by atoms with Crippen LogP contribution in [0.1, 0.15) is 47.2 Å². The zero-order valence-electron chi connectivity index (χ0n) is 15.6. The Bertz CT molecular complexity index is 993. The summed E-state index contributed by atoms with van der Waals surface area (Å²) >= 11 is 23.8. The molecular formula is C21H16Cl4F3NO. The molecule has 1 unspecified atom stereocenters. The third-order valence-corrected chi connectivity index (χ3v) is 6.36. The van der Waals surface area contributed by atoms with Crippen molar-refractivity contribution in [2.75, 3.05) is 0 Å². The number of carbonyl (C=O) groups excluding carboxylic acids is 1. The average molecular weight is 497 g/mol. The van der Waals surface area contributed by atoms with Gasteiger partial charge in [-0.2, -0.15) is 13.2 Å². The number of halogens is 7. The molecule has 0 bridgehead atoms. The first-order valence-corrected chi connectivity index (χ1v) is 10.4. The summed E-state index contributed by atoms with van der Waals surface area (Å²) < 4.78 is 40.9. The van der Waals surface area contributed by atoms with Crippen molar-refractivity contribution in [3.05, 3.63) is 73.2 Å². The van der Waals surface area contributed by atoms with Crippen molar-refractivity contribution in [3.63, 3.8) is 0 Å². The van der Waals surface area contributed by atoms with Gasteiger partial charge in [-0.1, -0.05) is 64.6 Å². The molecule has 1 N–H and O–H groups in total. The second-order valence-electron chi connectivity index (χ2n) is 7.43. The molecule has 30 heavy (non-hydrogen) atoms. The largest absolute Gasteiger partial charge is 0.399 e. The van der Waals surface area contributed by atoms with Crippen LogP contribution in [0.4, 0.5) is 13.2 Å². The van der Waals surface area contributed by atoms with Crippen LogP contribution >= 0.6 is 46.4 Å². The van der Waals surface area contributed by atoms with Gasteiger partial charge in [-0.25, -0.2) is 0 Å². The van der Waals surface area contributed by atoms with Gasteiger partial charge < -0.3 is 5.32 Å². The van der Waals surface area contributed by atoms with Gasteiger partial charge in [-0.15, -0.1) is 0 Å². The lowest BCUT2D eigenvalue weighted by Crippen LogP contribution is -2.34. The Morgan fingerprint density at radius 2 is 1.67 bits per heavy atom. The van der Waals surface area contributed by atoms with Gasteiger partial charge in [0, 0.05) is 5.54 Å². The highest BCUT2D eigenvalue weighted by molar-refractivity contribution is 6.48. The molecule has 1 fully saturated rings. The fourth-order valence-corrected chi connectivity index (χ4v) is 3.73. The number of carbonyl (C=O) groups is 1. The summed E-state index contributed by atoms with van der Waals surface area (Å²) in [6.07, 6.45) is -0.527. The quantitative estimate of drug-likeness (QED) is 0.418. The first-order chi connectivity index (χ1) is 13.9. The van der Waals surface area contributed by atoms with E-state index in [0.29, 0.717) is 5.56 Å². The molecule has 2 nitrogen and oxygen atoms in total. The number of rotatable bonds is 5. The Kier molecular flexibility index (Phi) is 6.68. The summed E-state index contributed by atoms with van der Waals surface area (Å²) in [4.78, 5) is 12.3. The molecule has 2 aromatic carbocycles. The molecule has 2 aromatic rings. The van der Waals surface area contributed by atoms with Crippen molar-refractivity contribution >= 4 is 58.4 Å². The van der Waals surface area contributed by atoms with Crippen LogP contribution < -0.4 is 5.32 Å². The number of alkyl halides is 3. The van der Waals surface area contributed by atoms with Crippen LogP contribution in [0.2, 0.25) is 20.1 Å². The Labute approximate surface area is 191 Å². The summed E-state index contributed by atoms with van der Waals surface area (Å²) in [6, 6.07) is 6.73. The van der Waals surface area contributed by atoms with E-state index in [-0.39, 0.29) is 42.7 Å². The second kappa shape index (κ2) is 8.62. The first kappa shape index (κ1) is 23.3. The molecule has 3 rings (SSSR count). The maximum atomic E-state index is 13.6. The van der Waals surface area contributed by atoms with E-state index in [9.17, 15) is 18.0 Å². The lowest BCUT2D eigenvalue weighted by molar-refractivity contribution is -0.139. The summed E-state index contributed by atoms with van der Waals surface area (Å²) in [5.41, 5.74) is 0.332. The zero-order valence-corrected chi connectivity index (χ0v) is 18.6. The van der Waals surface area contributed by atoms with Crippen LogP contribution in [0, 0.1) is 0 Å². The van der Waals surface area contributed by atoms with Gasteiger partial charge >= 0.3 is 6.18 Å². The molecule has 0 radical (unpaired) electrons. The molecule has 0 saturated heterocycles. The highest BCUT2D eigenvalue weighted by Crippen LogP contribution is 2.41. The lowest BCUT2D eigenvalue weighted by Gasteiger charge is -2.18. The Balaban J connectivity index is 1.86. The molecule has 1 atom stereocenters. The highest BCUT2D eigenvalue weighted by Gasteiger charge is 2.40. The number of benzene rings is 2. The maximum Gasteiger partial charge on any atom is 0.399 e. The van der Waals surface area contributed by atoms with Crippen LogP contribution in [-0.4, -0.2) is 17.6 Å². The van der Waals surface area contributed by atoms with Crippen molar-refractivity contribution in [2.24, 2.45) is 0 Å². The molecule has 1 amide bonds. The predicted octanol–water partition coefficient (Wildman–Crippen LogP) is 7.94. The number of nitrogens with one attached hydrogen (secondary N) is 1. The summed E-state index contributed by atoms with van der Waals surface area (Å²) in [7, 11) is 0. The van der Waals surface area contributed by atoms with Crippen LogP contribution in [0.15, 0.2) is 36.4 Å². The topological polar surface area (TPSA) is 29.1 Å². The molecule has 9 heteroatoms. The first-order valence-electron chi connectivity index (χ1n) is 8.91. The molecule has 160 valence electrons. The molecule has 1 saturated carbocycles. The molecular weight excluding hydrogens is 481 g/mol. The molecule has 0 aromatic heterocycles. The third kappa shape index (κ3) is 5.44. The SMILES string of the molecule is CC1(NC(=O)c2ccc(/C=C/C(c3cc(Cl)c(Cl)c(Cl)c3)C(F)(F)F)cc2Cl)CC1. The minimum atomic E-state index is -4.58. The predicted molar refractivity (Wildman–Crippen MR) is 116 cm³/mol. The highest BCUT2D eigenvalue weighted by atomic mass is 35.5. The van der Waals surface area contributed by atoms with Gasteiger partial charge in [0.15, 0.2) is 0 Å². The summed E-state index contributed by atoms with van der Waals surface area (Å²) in [5.74, 6) is -2.27. The summed E-state index contributed by atoms with van der Waals surface area (Å²) in [5, 5.41) is 2.90. The normalized spacial score (nSPS) is 16.5. The number of allylic oxidation sites excluding steroid dienone is 1. The van der Waals surface area contributed by atoms with Crippen molar-refractivity contribution in [1.82, 2.24) is 5.32 Å². The van der Waals surface area contributed by atoms with Crippen molar-refractivity contribution in [1.29, 1.82) is 0 Å². The summed E-state index contributed by atoms with van der Waals surface area (Å²) in [6.45, 7) is 1.93. The van der Waals surface area contributed by atoms with E-state index in [1.807, 2.05) is 6.92 Å². The van der Waals surface area contributed by atoms with E-state index in [1.165, 1.54) is 24.3 Å².